The molecule has 1 saturated heterocycles. The van der Waals surface area contributed by atoms with Crippen molar-refractivity contribution in [1.82, 2.24) is 4.90 Å². The van der Waals surface area contributed by atoms with E-state index in [1.165, 1.54) is 4.90 Å². The summed E-state index contributed by atoms with van der Waals surface area (Å²) in [6.45, 7) is 0.462. The minimum Gasteiger partial charge on any atom is -0.480 e. The van der Waals surface area contributed by atoms with E-state index in [2.05, 4.69) is 0 Å². The van der Waals surface area contributed by atoms with Crippen LogP contribution >= 0.6 is 11.6 Å². The molecule has 1 fully saturated rings. The number of benzene rings is 1. The number of halogens is 1. The van der Waals surface area contributed by atoms with Crippen LogP contribution in [-0.4, -0.2) is 40.5 Å². The highest BCUT2D eigenvalue weighted by atomic mass is 35.5. The van der Waals surface area contributed by atoms with E-state index in [4.69, 9.17) is 22.4 Å². The van der Waals surface area contributed by atoms with Crippen molar-refractivity contribution in [3.63, 3.8) is 0 Å². The van der Waals surface area contributed by atoms with Gasteiger partial charge in [0.2, 0.25) is 5.91 Å². The summed E-state index contributed by atoms with van der Waals surface area (Å²) in [4.78, 5) is 24.7. The summed E-state index contributed by atoms with van der Waals surface area (Å²) >= 11 is 5.80. The summed E-state index contributed by atoms with van der Waals surface area (Å²) in [5.74, 6) is -1.26. The lowest BCUT2D eigenvalue weighted by Crippen LogP contribution is -2.49. The lowest BCUT2D eigenvalue weighted by atomic mass is 10.1. The van der Waals surface area contributed by atoms with Crippen molar-refractivity contribution in [2.24, 2.45) is 5.73 Å². The topological polar surface area (TPSA) is 83.6 Å². The molecule has 1 heterocycles. The number of likely N-dealkylation sites (tertiary alicyclic amines) is 1. The van der Waals surface area contributed by atoms with Gasteiger partial charge in [0.05, 0.1) is 6.04 Å². The molecule has 1 amide bonds. The number of aliphatic carboxylic acids is 1. The number of carbonyl (C=O) groups excluding carboxylic acids is 1. The average molecular weight is 297 g/mol. The average Bonchev–Trinajstić information content (AvgIpc) is 2.90. The molecule has 2 atom stereocenters. The van der Waals surface area contributed by atoms with Gasteiger partial charge in [0, 0.05) is 11.6 Å². The van der Waals surface area contributed by atoms with Crippen LogP contribution in [0.15, 0.2) is 24.3 Å². The zero-order valence-corrected chi connectivity index (χ0v) is 11.7. The summed E-state index contributed by atoms with van der Waals surface area (Å²) in [5, 5.41) is 9.71. The predicted octanol–water partition coefficient (Wildman–Crippen LogP) is 1.29. The predicted molar refractivity (Wildman–Crippen MR) is 75.5 cm³/mol. The number of nitrogens with zero attached hydrogens (tertiary/aromatic N) is 1. The van der Waals surface area contributed by atoms with Crippen molar-refractivity contribution in [2.45, 2.75) is 31.3 Å². The van der Waals surface area contributed by atoms with Crippen LogP contribution in [0.3, 0.4) is 0 Å². The Bertz CT molecular complexity index is 504. The molecule has 0 spiro atoms. The lowest BCUT2D eigenvalue weighted by molar-refractivity contribution is -0.148. The third kappa shape index (κ3) is 3.29. The van der Waals surface area contributed by atoms with E-state index in [1.54, 1.807) is 12.1 Å². The van der Waals surface area contributed by atoms with Crippen LogP contribution in [0.25, 0.3) is 0 Å². The third-order valence-corrected chi connectivity index (χ3v) is 3.76. The van der Waals surface area contributed by atoms with Crippen molar-refractivity contribution in [3.05, 3.63) is 34.9 Å². The largest absolute Gasteiger partial charge is 0.480 e. The molecule has 1 aromatic rings. The molecule has 0 saturated carbocycles. The van der Waals surface area contributed by atoms with E-state index in [-0.39, 0.29) is 5.91 Å². The van der Waals surface area contributed by atoms with Crippen LogP contribution < -0.4 is 5.73 Å². The van der Waals surface area contributed by atoms with Gasteiger partial charge in [-0.25, -0.2) is 4.79 Å². The molecule has 1 aromatic carbocycles. The van der Waals surface area contributed by atoms with Crippen LogP contribution in [-0.2, 0) is 16.0 Å². The monoisotopic (exact) mass is 296 g/mol. The molecular weight excluding hydrogens is 280 g/mol. The molecule has 2 rings (SSSR count). The zero-order chi connectivity index (χ0) is 14.7. The van der Waals surface area contributed by atoms with Gasteiger partial charge in [0.1, 0.15) is 6.04 Å². The minimum atomic E-state index is -0.963. The fourth-order valence-electron chi connectivity index (χ4n) is 2.46. The van der Waals surface area contributed by atoms with Gasteiger partial charge in [-0.05, 0) is 37.0 Å². The summed E-state index contributed by atoms with van der Waals surface area (Å²) in [6.07, 6.45) is 1.57. The van der Waals surface area contributed by atoms with Crippen molar-refractivity contribution in [1.29, 1.82) is 0 Å². The first-order valence-corrected chi connectivity index (χ1v) is 6.90. The van der Waals surface area contributed by atoms with Gasteiger partial charge >= 0.3 is 5.97 Å². The lowest BCUT2D eigenvalue weighted by Gasteiger charge is -2.24. The molecular formula is C14H17ClN2O3. The first-order valence-electron chi connectivity index (χ1n) is 6.52. The normalized spacial score (nSPS) is 19.9. The molecule has 20 heavy (non-hydrogen) atoms. The van der Waals surface area contributed by atoms with Crippen molar-refractivity contribution >= 4 is 23.5 Å². The molecule has 3 N–H and O–H groups in total. The van der Waals surface area contributed by atoms with Gasteiger partial charge in [-0.1, -0.05) is 23.7 Å². The highest BCUT2D eigenvalue weighted by molar-refractivity contribution is 6.30. The number of carbonyl (C=O) groups is 2. The maximum Gasteiger partial charge on any atom is 0.326 e. The summed E-state index contributed by atoms with van der Waals surface area (Å²) < 4.78 is 0. The molecule has 1 aliphatic rings. The fraction of sp³-hybridized carbons (Fsp3) is 0.429. The summed E-state index contributed by atoms with van der Waals surface area (Å²) in [7, 11) is 0. The molecule has 1 aliphatic heterocycles. The SMILES string of the molecule is N[C@H](Cc1ccc(Cl)cc1)C(=O)N1CCCC1C(=O)O. The summed E-state index contributed by atoms with van der Waals surface area (Å²) in [5.41, 5.74) is 6.82. The van der Waals surface area contributed by atoms with Crippen molar-refractivity contribution in [2.75, 3.05) is 6.54 Å². The van der Waals surface area contributed by atoms with Crippen LogP contribution in [0, 0.1) is 0 Å². The number of amides is 1. The molecule has 0 aromatic heterocycles. The van der Waals surface area contributed by atoms with Crippen molar-refractivity contribution < 1.29 is 14.7 Å². The van der Waals surface area contributed by atoms with Gasteiger partial charge in [-0.3, -0.25) is 4.79 Å². The second-order valence-corrected chi connectivity index (χ2v) is 5.40. The maximum atomic E-state index is 12.2. The minimum absolute atomic E-state index is 0.301. The standard InChI is InChI=1S/C14H17ClN2O3/c15-10-5-3-9(4-6-10)8-11(16)13(18)17-7-1-2-12(17)14(19)20/h3-6,11-12H,1-2,7-8,16H2,(H,19,20)/t11-,12?/m1/s1. The zero-order valence-electron chi connectivity index (χ0n) is 11.0. The molecule has 108 valence electrons. The number of carboxylic acid groups (broad SMARTS) is 1. The molecule has 1 unspecified atom stereocenters. The fourth-order valence-corrected chi connectivity index (χ4v) is 2.59. The second kappa shape index (κ2) is 6.24. The highest BCUT2D eigenvalue weighted by Gasteiger charge is 2.35. The van der Waals surface area contributed by atoms with Gasteiger partial charge in [-0.15, -0.1) is 0 Å². The Kier molecular flexibility index (Phi) is 4.62. The number of hydrogen-bond acceptors (Lipinski definition) is 3. The van der Waals surface area contributed by atoms with E-state index >= 15 is 0 Å². The van der Waals surface area contributed by atoms with E-state index in [0.717, 1.165) is 5.56 Å². The Balaban J connectivity index is 2.01. The molecule has 0 radical (unpaired) electrons. The Labute approximate surface area is 122 Å². The van der Waals surface area contributed by atoms with Crippen LogP contribution in [0.5, 0.6) is 0 Å². The maximum absolute atomic E-state index is 12.2. The van der Waals surface area contributed by atoms with Gasteiger partial charge in [-0.2, -0.15) is 0 Å². The molecule has 5 nitrogen and oxygen atoms in total. The number of rotatable bonds is 4. The Morgan fingerprint density at radius 1 is 1.40 bits per heavy atom. The van der Waals surface area contributed by atoms with Crippen molar-refractivity contribution in [3.8, 4) is 0 Å². The molecule has 0 bridgehead atoms. The van der Waals surface area contributed by atoms with Crippen LogP contribution in [0.2, 0.25) is 5.02 Å². The van der Waals surface area contributed by atoms with Crippen LogP contribution in [0.1, 0.15) is 18.4 Å². The van der Waals surface area contributed by atoms with E-state index in [9.17, 15) is 9.59 Å². The highest BCUT2D eigenvalue weighted by Crippen LogP contribution is 2.19. The summed E-state index contributed by atoms with van der Waals surface area (Å²) in [6, 6.07) is 5.64. The Hall–Kier alpha value is -1.59. The smallest absolute Gasteiger partial charge is 0.326 e. The first-order chi connectivity index (χ1) is 9.49. The molecule has 6 heteroatoms. The van der Waals surface area contributed by atoms with Gasteiger partial charge in [0.25, 0.3) is 0 Å². The second-order valence-electron chi connectivity index (χ2n) is 4.96. The number of hydrogen-bond donors (Lipinski definition) is 2. The number of nitrogens with two attached hydrogens (primary N) is 1. The van der Waals surface area contributed by atoms with E-state index < -0.39 is 18.1 Å². The van der Waals surface area contributed by atoms with E-state index in [1.807, 2.05) is 12.1 Å². The van der Waals surface area contributed by atoms with Gasteiger partial charge < -0.3 is 15.7 Å². The van der Waals surface area contributed by atoms with E-state index in [0.29, 0.717) is 30.8 Å². The first kappa shape index (κ1) is 14.8. The molecule has 0 aliphatic carbocycles. The quantitative estimate of drug-likeness (QED) is 0.877. The number of carboxylic acids is 1. The van der Waals surface area contributed by atoms with Gasteiger partial charge in [0.15, 0.2) is 0 Å². The Morgan fingerprint density at radius 2 is 2.05 bits per heavy atom. The van der Waals surface area contributed by atoms with Crippen LogP contribution in [0.4, 0.5) is 0 Å². The third-order valence-electron chi connectivity index (χ3n) is 3.51. The Morgan fingerprint density at radius 3 is 2.65 bits per heavy atom.